The van der Waals surface area contributed by atoms with Gasteiger partial charge in [-0.1, -0.05) is 0 Å². The Labute approximate surface area is 144 Å². The number of carbonyl (C=O) groups is 2. The van der Waals surface area contributed by atoms with Crippen LogP contribution in [0.2, 0.25) is 0 Å². The van der Waals surface area contributed by atoms with Gasteiger partial charge in [0.05, 0.1) is 24.3 Å². The Morgan fingerprint density at radius 2 is 2.04 bits per heavy atom. The molecule has 0 saturated carbocycles. The molecule has 0 bridgehead atoms. The molecule has 7 heteroatoms. The van der Waals surface area contributed by atoms with E-state index in [1.54, 1.807) is 30.4 Å². The first-order valence-corrected chi connectivity index (χ1v) is 8.16. The van der Waals surface area contributed by atoms with E-state index in [2.05, 4.69) is 10.6 Å². The zero-order chi connectivity index (χ0) is 17.5. The first-order valence-electron chi connectivity index (χ1n) is 7.35. The summed E-state index contributed by atoms with van der Waals surface area (Å²) in [5, 5.41) is 14.4. The molecule has 6 nitrogen and oxygen atoms in total. The van der Waals surface area contributed by atoms with E-state index >= 15 is 0 Å². The highest BCUT2D eigenvalue weighted by atomic mass is 32.1. The van der Waals surface area contributed by atoms with Gasteiger partial charge in [0, 0.05) is 15.4 Å². The fourth-order valence-corrected chi connectivity index (χ4v) is 2.93. The third kappa shape index (κ3) is 4.83. The molecular weight excluding hydrogens is 326 g/mol. The topological polar surface area (TPSA) is 91.2 Å². The Bertz CT molecular complexity index is 793. The third-order valence-corrected chi connectivity index (χ3v) is 4.07. The summed E-state index contributed by atoms with van der Waals surface area (Å²) in [7, 11) is 0. The molecule has 124 valence electrons. The second-order valence-corrected chi connectivity index (χ2v) is 6.33. The summed E-state index contributed by atoms with van der Waals surface area (Å²) >= 11 is 1.57. The lowest BCUT2D eigenvalue weighted by Gasteiger charge is -2.09. The van der Waals surface area contributed by atoms with Crippen LogP contribution < -0.4 is 10.6 Å². The van der Waals surface area contributed by atoms with Crippen molar-refractivity contribution in [2.45, 2.75) is 20.3 Å². The summed E-state index contributed by atoms with van der Waals surface area (Å²) in [5.74, 6) is -0.160. The van der Waals surface area contributed by atoms with Crippen molar-refractivity contribution >= 4 is 34.7 Å². The van der Waals surface area contributed by atoms with Crippen LogP contribution in [-0.2, 0) is 16.0 Å². The molecule has 0 aliphatic rings. The predicted molar refractivity (Wildman–Crippen MR) is 93.2 cm³/mol. The summed E-state index contributed by atoms with van der Waals surface area (Å²) in [5.41, 5.74) is 1.08. The van der Waals surface area contributed by atoms with Crippen LogP contribution in [0.15, 0.2) is 30.3 Å². The minimum absolute atomic E-state index is 0.160. The fraction of sp³-hybridized carbons (Fsp3) is 0.235. The van der Waals surface area contributed by atoms with Gasteiger partial charge in [-0.2, -0.15) is 5.26 Å². The minimum atomic E-state index is -0.626. The van der Waals surface area contributed by atoms with Crippen LogP contribution >= 0.6 is 11.3 Å². The predicted octanol–water partition coefficient (Wildman–Crippen LogP) is 3.68. The van der Waals surface area contributed by atoms with Crippen molar-refractivity contribution in [2.75, 3.05) is 17.2 Å². The van der Waals surface area contributed by atoms with Crippen LogP contribution in [0.3, 0.4) is 0 Å². The molecule has 2 N–H and O–H groups in total. The summed E-state index contributed by atoms with van der Waals surface area (Å²) in [6, 6.07) is 10.6. The molecule has 0 fully saturated rings. The molecule has 1 aromatic heterocycles. The number of anilines is 2. The zero-order valence-corrected chi connectivity index (χ0v) is 14.2. The maximum absolute atomic E-state index is 12.1. The largest absolute Gasteiger partial charge is 0.450 e. The van der Waals surface area contributed by atoms with E-state index in [4.69, 9.17) is 4.74 Å². The molecule has 2 aromatic rings. The molecular formula is C17H17N3O3S. The molecule has 0 saturated heterocycles. The molecule has 24 heavy (non-hydrogen) atoms. The molecule has 0 atom stereocenters. The van der Waals surface area contributed by atoms with E-state index in [1.807, 2.05) is 25.1 Å². The van der Waals surface area contributed by atoms with Gasteiger partial charge in [0.2, 0.25) is 5.91 Å². The van der Waals surface area contributed by atoms with Crippen LogP contribution in [0.1, 0.15) is 22.2 Å². The number of ether oxygens (including phenoxy) is 1. The number of thiophene rings is 1. The molecule has 0 radical (unpaired) electrons. The molecule has 0 aliphatic carbocycles. The number of hydrogen-bond acceptors (Lipinski definition) is 5. The Kier molecular flexibility index (Phi) is 5.93. The smallest absolute Gasteiger partial charge is 0.411 e. The highest BCUT2D eigenvalue weighted by Crippen LogP contribution is 2.21. The average molecular weight is 343 g/mol. The average Bonchev–Trinajstić information content (AvgIpc) is 2.93. The Morgan fingerprint density at radius 3 is 2.67 bits per heavy atom. The van der Waals surface area contributed by atoms with E-state index in [-0.39, 0.29) is 24.5 Å². The molecule has 0 unspecified atom stereocenters. The van der Waals surface area contributed by atoms with Gasteiger partial charge in [-0.3, -0.25) is 10.1 Å². The highest BCUT2D eigenvalue weighted by molar-refractivity contribution is 7.12. The summed E-state index contributed by atoms with van der Waals surface area (Å²) in [6.07, 6.45) is -0.345. The van der Waals surface area contributed by atoms with Gasteiger partial charge in [-0.05, 0) is 44.2 Å². The summed E-state index contributed by atoms with van der Waals surface area (Å²) in [6.45, 7) is 3.92. The van der Waals surface area contributed by atoms with Crippen molar-refractivity contribution in [2.24, 2.45) is 0 Å². The van der Waals surface area contributed by atoms with Gasteiger partial charge in [0.25, 0.3) is 0 Å². The van der Waals surface area contributed by atoms with Gasteiger partial charge in [0.15, 0.2) is 0 Å². The Morgan fingerprint density at radius 1 is 1.25 bits per heavy atom. The van der Waals surface area contributed by atoms with Crippen LogP contribution in [0.25, 0.3) is 0 Å². The SMILES string of the molecule is CCOC(=O)Nc1ccc(NC(=O)Cc2ccc(C)s2)cc1C#N. The number of amides is 2. The number of nitriles is 1. The van der Waals surface area contributed by atoms with Crippen molar-refractivity contribution in [3.63, 3.8) is 0 Å². The first-order chi connectivity index (χ1) is 11.5. The van der Waals surface area contributed by atoms with E-state index in [0.717, 1.165) is 9.75 Å². The minimum Gasteiger partial charge on any atom is -0.450 e. The number of carbonyl (C=O) groups excluding carboxylic acids is 2. The van der Waals surface area contributed by atoms with E-state index < -0.39 is 6.09 Å². The van der Waals surface area contributed by atoms with Gasteiger partial charge >= 0.3 is 6.09 Å². The van der Waals surface area contributed by atoms with Crippen LogP contribution in [-0.4, -0.2) is 18.6 Å². The van der Waals surface area contributed by atoms with Crippen molar-refractivity contribution in [1.82, 2.24) is 0 Å². The van der Waals surface area contributed by atoms with Gasteiger partial charge in [0.1, 0.15) is 6.07 Å². The van der Waals surface area contributed by atoms with Crippen LogP contribution in [0, 0.1) is 18.3 Å². The summed E-state index contributed by atoms with van der Waals surface area (Å²) in [4.78, 5) is 25.6. The van der Waals surface area contributed by atoms with Crippen molar-refractivity contribution in [3.8, 4) is 6.07 Å². The fourth-order valence-electron chi connectivity index (χ4n) is 2.04. The van der Waals surface area contributed by atoms with E-state index in [9.17, 15) is 14.9 Å². The normalized spacial score (nSPS) is 9.88. The summed E-state index contributed by atoms with van der Waals surface area (Å²) < 4.78 is 4.78. The molecule has 2 amide bonds. The van der Waals surface area contributed by atoms with Crippen LogP contribution in [0.5, 0.6) is 0 Å². The van der Waals surface area contributed by atoms with Gasteiger partial charge in [-0.15, -0.1) is 11.3 Å². The maximum atomic E-state index is 12.1. The molecule has 2 rings (SSSR count). The second-order valence-electron chi connectivity index (χ2n) is 4.95. The standard InChI is InChI=1S/C17H17N3O3S/c1-3-23-17(22)20-15-7-5-13(8-12(15)10-18)19-16(21)9-14-6-4-11(2)24-14/h4-8H,3,9H2,1-2H3,(H,19,21)(H,20,22). The lowest BCUT2D eigenvalue weighted by Crippen LogP contribution is -2.16. The van der Waals surface area contributed by atoms with Crippen LogP contribution in [0.4, 0.5) is 16.2 Å². The van der Waals surface area contributed by atoms with Crippen molar-refractivity contribution < 1.29 is 14.3 Å². The zero-order valence-electron chi connectivity index (χ0n) is 13.4. The van der Waals surface area contributed by atoms with E-state index in [1.165, 1.54) is 6.07 Å². The monoisotopic (exact) mass is 343 g/mol. The molecule has 1 aromatic carbocycles. The highest BCUT2D eigenvalue weighted by Gasteiger charge is 2.10. The Balaban J connectivity index is 2.04. The molecule has 1 heterocycles. The molecule has 0 aliphatic heterocycles. The van der Waals surface area contributed by atoms with E-state index in [0.29, 0.717) is 11.4 Å². The number of aryl methyl sites for hydroxylation is 1. The first kappa shape index (κ1) is 17.5. The van der Waals surface area contributed by atoms with Crippen molar-refractivity contribution in [1.29, 1.82) is 5.26 Å². The number of hydrogen-bond donors (Lipinski definition) is 2. The van der Waals surface area contributed by atoms with Crippen molar-refractivity contribution in [3.05, 3.63) is 45.6 Å². The second kappa shape index (κ2) is 8.13. The lowest BCUT2D eigenvalue weighted by molar-refractivity contribution is -0.115. The maximum Gasteiger partial charge on any atom is 0.411 e. The quantitative estimate of drug-likeness (QED) is 0.866. The molecule has 0 spiro atoms. The number of rotatable bonds is 5. The Hall–Kier alpha value is -2.85. The van der Waals surface area contributed by atoms with Gasteiger partial charge in [-0.25, -0.2) is 4.79 Å². The number of benzene rings is 1. The lowest BCUT2D eigenvalue weighted by atomic mass is 10.1. The number of nitrogens with one attached hydrogen (secondary N) is 2. The number of nitrogens with zero attached hydrogens (tertiary/aromatic N) is 1. The third-order valence-electron chi connectivity index (χ3n) is 3.07. The van der Waals surface area contributed by atoms with Gasteiger partial charge < -0.3 is 10.1 Å².